The van der Waals surface area contributed by atoms with Crippen LogP contribution >= 0.6 is 0 Å². The fourth-order valence-corrected chi connectivity index (χ4v) is 3.28. The Hall–Kier alpha value is -0.410. The third-order valence-corrected chi connectivity index (χ3v) is 5.50. The van der Waals surface area contributed by atoms with E-state index in [1.54, 1.807) is 13.8 Å². The average molecular weight is 371 g/mol. The highest BCUT2D eigenvalue weighted by atomic mass is 16.5. The molecule has 0 aromatic carbocycles. The van der Waals surface area contributed by atoms with Crippen LogP contribution in [0, 0.1) is 5.41 Å². The maximum Gasteiger partial charge on any atom is 0.138 e. The summed E-state index contributed by atoms with van der Waals surface area (Å²) in [5, 5.41) is 9.81. The van der Waals surface area contributed by atoms with E-state index in [0.29, 0.717) is 25.2 Å². The Morgan fingerprint density at radius 1 is 0.808 bits per heavy atom. The van der Waals surface area contributed by atoms with E-state index in [0.717, 1.165) is 38.5 Å². The van der Waals surface area contributed by atoms with Crippen LogP contribution in [0.2, 0.25) is 0 Å². The number of ketones is 1. The van der Waals surface area contributed by atoms with Crippen LogP contribution in [0.4, 0.5) is 0 Å². The first-order chi connectivity index (χ1) is 12.0. The largest absolute Gasteiger partial charge is 0.390 e. The molecule has 0 aromatic heterocycles. The molecule has 0 saturated heterocycles. The van der Waals surface area contributed by atoms with Crippen molar-refractivity contribution < 1.29 is 14.6 Å². The molecule has 1 unspecified atom stereocenters. The van der Waals surface area contributed by atoms with E-state index in [9.17, 15) is 9.90 Å². The molecule has 0 heterocycles. The molecule has 1 N–H and O–H groups in total. The van der Waals surface area contributed by atoms with Crippen LogP contribution < -0.4 is 0 Å². The fraction of sp³-hybridized carbons (Fsp3) is 0.957. The zero-order valence-corrected chi connectivity index (χ0v) is 18.7. The topological polar surface area (TPSA) is 46.5 Å². The lowest BCUT2D eigenvalue weighted by atomic mass is 9.74. The summed E-state index contributed by atoms with van der Waals surface area (Å²) in [5.74, 6) is 0.404. The molecular formula is C23H46O3. The number of rotatable bonds is 16. The highest BCUT2D eigenvalue weighted by Gasteiger charge is 2.33. The smallest absolute Gasteiger partial charge is 0.138 e. The van der Waals surface area contributed by atoms with Gasteiger partial charge in [0.2, 0.25) is 0 Å². The summed E-state index contributed by atoms with van der Waals surface area (Å²) < 4.78 is 5.95. The lowest BCUT2D eigenvalue weighted by molar-refractivity contribution is -0.131. The minimum atomic E-state index is -0.705. The van der Waals surface area contributed by atoms with Gasteiger partial charge in [0.15, 0.2) is 0 Å². The van der Waals surface area contributed by atoms with E-state index in [1.165, 1.54) is 19.3 Å². The van der Waals surface area contributed by atoms with Gasteiger partial charge in [0.1, 0.15) is 5.78 Å². The van der Waals surface area contributed by atoms with E-state index in [4.69, 9.17) is 4.74 Å². The van der Waals surface area contributed by atoms with Crippen LogP contribution in [0.3, 0.4) is 0 Å². The van der Waals surface area contributed by atoms with Gasteiger partial charge >= 0.3 is 0 Å². The monoisotopic (exact) mass is 370 g/mol. The molecule has 0 spiro atoms. The van der Waals surface area contributed by atoms with Crippen LogP contribution in [-0.2, 0) is 9.53 Å². The predicted octanol–water partition coefficient (Wildman–Crippen LogP) is 6.46. The van der Waals surface area contributed by atoms with Crippen molar-refractivity contribution in [3.63, 3.8) is 0 Å². The summed E-state index contributed by atoms with van der Waals surface area (Å²) in [5.41, 5.74) is -1.20. The summed E-state index contributed by atoms with van der Waals surface area (Å²) in [4.78, 5) is 13.0. The van der Waals surface area contributed by atoms with Crippen molar-refractivity contribution in [3.8, 4) is 0 Å². The third kappa shape index (κ3) is 12.1. The number of hydrogen-bond acceptors (Lipinski definition) is 3. The Labute approximate surface area is 163 Å². The second kappa shape index (κ2) is 12.1. The first-order valence-corrected chi connectivity index (χ1v) is 10.9. The zero-order valence-electron chi connectivity index (χ0n) is 18.7. The van der Waals surface area contributed by atoms with E-state index in [2.05, 4.69) is 34.6 Å². The Morgan fingerprint density at radius 2 is 1.38 bits per heavy atom. The van der Waals surface area contributed by atoms with Crippen LogP contribution in [0.15, 0.2) is 0 Å². The Balaban J connectivity index is 4.56. The number of Topliss-reactive ketones (excluding diaryl/α,β-unsaturated/α-hetero) is 1. The van der Waals surface area contributed by atoms with Gasteiger partial charge in [-0.25, -0.2) is 0 Å². The molecule has 0 aliphatic rings. The summed E-state index contributed by atoms with van der Waals surface area (Å²) in [6.07, 6.45) is 11.1. The van der Waals surface area contributed by atoms with Crippen molar-refractivity contribution in [1.82, 2.24) is 0 Å². The minimum absolute atomic E-state index is 0.174. The molecule has 1 atom stereocenters. The summed E-state index contributed by atoms with van der Waals surface area (Å²) in [6, 6.07) is 0. The SMILES string of the molecule is CCCCCCC(C)(CCCC)C(=O)CCC(C)(C)OCCC(C)(C)O. The van der Waals surface area contributed by atoms with Gasteiger partial charge in [0.05, 0.1) is 17.8 Å². The predicted molar refractivity (Wildman–Crippen MR) is 112 cm³/mol. The van der Waals surface area contributed by atoms with Gasteiger partial charge in [0, 0.05) is 11.8 Å². The Bertz CT molecular complexity index is 381. The Morgan fingerprint density at radius 3 is 1.92 bits per heavy atom. The molecule has 26 heavy (non-hydrogen) atoms. The number of ether oxygens (including phenoxy) is 1. The van der Waals surface area contributed by atoms with Gasteiger partial charge in [-0.05, 0) is 53.4 Å². The molecule has 0 amide bonds. The van der Waals surface area contributed by atoms with Crippen molar-refractivity contribution in [2.24, 2.45) is 5.41 Å². The van der Waals surface area contributed by atoms with E-state index in [-0.39, 0.29) is 11.0 Å². The Kier molecular flexibility index (Phi) is 11.9. The van der Waals surface area contributed by atoms with Crippen LogP contribution in [0.25, 0.3) is 0 Å². The molecule has 3 heteroatoms. The molecular weight excluding hydrogens is 324 g/mol. The lowest BCUT2D eigenvalue weighted by Crippen LogP contribution is -2.33. The van der Waals surface area contributed by atoms with E-state index < -0.39 is 5.60 Å². The van der Waals surface area contributed by atoms with Crippen LogP contribution in [0.1, 0.15) is 119 Å². The number of unbranched alkanes of at least 4 members (excludes halogenated alkanes) is 4. The maximum absolute atomic E-state index is 13.0. The number of carbonyl (C=O) groups excluding carboxylic acids is 1. The van der Waals surface area contributed by atoms with E-state index in [1.807, 2.05) is 0 Å². The first kappa shape index (κ1) is 25.6. The average Bonchev–Trinajstić information content (AvgIpc) is 2.53. The van der Waals surface area contributed by atoms with Gasteiger partial charge in [-0.15, -0.1) is 0 Å². The quantitative estimate of drug-likeness (QED) is 0.317. The molecule has 0 fully saturated rings. The highest BCUT2D eigenvalue weighted by molar-refractivity contribution is 5.84. The number of carbonyl (C=O) groups is 1. The van der Waals surface area contributed by atoms with Gasteiger partial charge in [-0.3, -0.25) is 4.79 Å². The van der Waals surface area contributed by atoms with Crippen molar-refractivity contribution in [2.45, 2.75) is 130 Å². The van der Waals surface area contributed by atoms with Gasteiger partial charge < -0.3 is 9.84 Å². The minimum Gasteiger partial charge on any atom is -0.390 e. The van der Waals surface area contributed by atoms with Gasteiger partial charge in [0.25, 0.3) is 0 Å². The second-order valence-electron chi connectivity index (χ2n) is 9.57. The molecule has 0 saturated carbocycles. The molecule has 0 radical (unpaired) electrons. The maximum atomic E-state index is 13.0. The number of hydrogen-bond donors (Lipinski definition) is 1. The summed E-state index contributed by atoms with van der Waals surface area (Å²) in [7, 11) is 0. The third-order valence-electron chi connectivity index (χ3n) is 5.50. The van der Waals surface area contributed by atoms with Crippen molar-refractivity contribution in [1.29, 1.82) is 0 Å². The highest BCUT2D eigenvalue weighted by Crippen LogP contribution is 2.34. The lowest BCUT2D eigenvalue weighted by Gasteiger charge is -2.31. The van der Waals surface area contributed by atoms with Crippen molar-refractivity contribution in [3.05, 3.63) is 0 Å². The van der Waals surface area contributed by atoms with Crippen molar-refractivity contribution >= 4 is 5.78 Å². The normalized spacial score (nSPS) is 15.1. The first-order valence-electron chi connectivity index (χ1n) is 10.9. The van der Waals surface area contributed by atoms with Crippen LogP contribution in [-0.4, -0.2) is 28.7 Å². The number of aliphatic hydroxyl groups is 1. The van der Waals surface area contributed by atoms with Crippen molar-refractivity contribution in [2.75, 3.05) is 6.61 Å². The molecule has 0 aromatic rings. The molecule has 0 aliphatic heterocycles. The van der Waals surface area contributed by atoms with Gasteiger partial charge in [-0.1, -0.05) is 59.3 Å². The molecule has 0 rings (SSSR count). The molecule has 0 aliphatic carbocycles. The van der Waals surface area contributed by atoms with Crippen LogP contribution in [0.5, 0.6) is 0 Å². The molecule has 0 bridgehead atoms. The second-order valence-corrected chi connectivity index (χ2v) is 9.57. The summed E-state index contributed by atoms with van der Waals surface area (Å²) in [6.45, 7) is 14.8. The van der Waals surface area contributed by atoms with Gasteiger partial charge in [-0.2, -0.15) is 0 Å². The molecule has 3 nitrogen and oxygen atoms in total. The van der Waals surface area contributed by atoms with E-state index >= 15 is 0 Å². The summed E-state index contributed by atoms with van der Waals surface area (Å²) >= 11 is 0. The molecule has 156 valence electrons. The standard InChI is InChI=1S/C23H46O3/c1-8-10-12-13-16-23(7,15-11-9-2)20(24)14-17-22(5,6)26-19-18-21(3,4)25/h25H,8-19H2,1-7H3. The zero-order chi connectivity index (χ0) is 20.3. The fourth-order valence-electron chi connectivity index (χ4n) is 3.28.